The number of rotatable bonds is 3. The topological polar surface area (TPSA) is 136 Å². The zero-order chi connectivity index (χ0) is 22.1. The van der Waals surface area contributed by atoms with Crippen molar-refractivity contribution in [2.75, 3.05) is 26.7 Å². The average molecular weight is 401 g/mol. The van der Waals surface area contributed by atoms with Crippen LogP contribution in [-0.4, -0.2) is 82.4 Å². The molecule has 1 aliphatic rings. The van der Waals surface area contributed by atoms with Crippen LogP contribution in [0.5, 0.6) is 0 Å². The van der Waals surface area contributed by atoms with E-state index in [1.54, 1.807) is 41.5 Å². The van der Waals surface area contributed by atoms with Crippen molar-refractivity contribution in [3.8, 4) is 0 Å². The summed E-state index contributed by atoms with van der Waals surface area (Å²) in [5, 5.41) is 22.2. The summed E-state index contributed by atoms with van der Waals surface area (Å²) in [5.74, 6) is -1.43. The molecule has 0 spiro atoms. The summed E-state index contributed by atoms with van der Waals surface area (Å²) in [4.78, 5) is 51.3. The Morgan fingerprint density at radius 3 is 1.93 bits per heavy atom. The van der Waals surface area contributed by atoms with Gasteiger partial charge in [0.1, 0.15) is 6.54 Å². The van der Waals surface area contributed by atoms with E-state index in [2.05, 4.69) is 10.1 Å². The van der Waals surface area contributed by atoms with Crippen LogP contribution in [0.2, 0.25) is 0 Å². The lowest BCUT2D eigenvalue weighted by Gasteiger charge is -2.61. The summed E-state index contributed by atoms with van der Waals surface area (Å²) in [7, 11) is 1.17. The summed E-state index contributed by atoms with van der Waals surface area (Å²) in [5.41, 5.74) is -3.57. The van der Waals surface area contributed by atoms with Gasteiger partial charge >= 0.3 is 18.2 Å². The number of hydrogen-bond donors (Lipinski definition) is 3. The first kappa shape index (κ1) is 23.5. The molecule has 1 aliphatic heterocycles. The summed E-state index contributed by atoms with van der Waals surface area (Å²) >= 11 is 0. The number of nitrogens with one attached hydrogen (secondary N) is 1. The molecule has 1 saturated heterocycles. The summed E-state index contributed by atoms with van der Waals surface area (Å²) in [6.45, 7) is 9.64. The molecule has 1 fully saturated rings. The van der Waals surface area contributed by atoms with Gasteiger partial charge < -0.3 is 25.2 Å². The van der Waals surface area contributed by atoms with Crippen molar-refractivity contribution in [2.24, 2.45) is 10.8 Å². The van der Waals surface area contributed by atoms with Gasteiger partial charge in [0.2, 0.25) is 5.91 Å². The molecule has 1 heterocycles. The van der Waals surface area contributed by atoms with E-state index in [0.29, 0.717) is 0 Å². The minimum Gasteiger partial charge on any atom is -0.468 e. The highest BCUT2D eigenvalue weighted by molar-refractivity contribution is 5.94. The molecule has 0 saturated carbocycles. The van der Waals surface area contributed by atoms with Crippen molar-refractivity contribution in [3.05, 3.63) is 0 Å². The number of carbonyl (C=O) groups is 4. The molecular formula is C18H31N3O7. The molecule has 0 bridgehead atoms. The van der Waals surface area contributed by atoms with Crippen LogP contribution < -0.4 is 5.32 Å². The molecule has 0 aromatic carbocycles. The molecule has 3 amide bonds. The zero-order valence-electron chi connectivity index (χ0n) is 17.5. The minimum atomic E-state index is -1.78. The highest BCUT2D eigenvalue weighted by atomic mass is 16.5. The Morgan fingerprint density at radius 1 is 1.04 bits per heavy atom. The second-order valence-corrected chi connectivity index (χ2v) is 8.95. The van der Waals surface area contributed by atoms with E-state index < -0.39 is 53.0 Å². The molecule has 28 heavy (non-hydrogen) atoms. The van der Waals surface area contributed by atoms with Crippen LogP contribution >= 0.6 is 0 Å². The molecule has 10 nitrogen and oxygen atoms in total. The van der Waals surface area contributed by atoms with Crippen molar-refractivity contribution in [1.29, 1.82) is 0 Å². The highest BCUT2D eigenvalue weighted by Crippen LogP contribution is 2.48. The number of nitrogens with zero attached hydrogens (tertiary/aromatic N) is 2. The Kier molecular flexibility index (Phi) is 6.59. The lowest BCUT2D eigenvalue weighted by Crippen LogP contribution is -2.81. The van der Waals surface area contributed by atoms with Gasteiger partial charge in [-0.3, -0.25) is 14.5 Å². The molecule has 3 N–H and O–H groups in total. The van der Waals surface area contributed by atoms with Gasteiger partial charge in [-0.25, -0.2) is 9.59 Å². The van der Waals surface area contributed by atoms with Crippen molar-refractivity contribution in [2.45, 2.75) is 53.1 Å². The third kappa shape index (κ3) is 4.00. The summed E-state index contributed by atoms with van der Waals surface area (Å²) < 4.78 is 4.55. The molecule has 160 valence electrons. The van der Waals surface area contributed by atoms with Crippen molar-refractivity contribution < 1.29 is 34.1 Å². The van der Waals surface area contributed by atoms with Gasteiger partial charge in [0, 0.05) is 13.1 Å². The fraction of sp³-hybridized carbons (Fsp3) is 0.778. The molecule has 0 aromatic rings. The van der Waals surface area contributed by atoms with Crippen molar-refractivity contribution >= 4 is 24.1 Å². The number of hydrogen-bond acceptors (Lipinski definition) is 5. The monoisotopic (exact) mass is 401 g/mol. The molecule has 0 aromatic heterocycles. The van der Waals surface area contributed by atoms with E-state index in [1.807, 2.05) is 0 Å². The van der Waals surface area contributed by atoms with Gasteiger partial charge in [-0.2, -0.15) is 0 Å². The van der Waals surface area contributed by atoms with Gasteiger partial charge in [-0.05, 0) is 10.8 Å². The number of carboxylic acid groups (broad SMARTS) is 2. The fourth-order valence-electron chi connectivity index (χ4n) is 4.19. The maximum Gasteiger partial charge on any atom is 0.408 e. The Bertz CT molecular complexity index is 651. The Balaban J connectivity index is 3.76. The van der Waals surface area contributed by atoms with E-state index in [-0.39, 0.29) is 13.1 Å². The third-order valence-corrected chi connectivity index (χ3v) is 5.11. The second kappa shape index (κ2) is 7.84. The van der Waals surface area contributed by atoms with E-state index in [9.17, 15) is 29.4 Å². The third-order valence-electron chi connectivity index (χ3n) is 5.11. The fourth-order valence-corrected chi connectivity index (χ4v) is 4.19. The molecule has 0 aliphatic carbocycles. The van der Waals surface area contributed by atoms with Crippen LogP contribution in [0.4, 0.5) is 9.59 Å². The van der Waals surface area contributed by atoms with Crippen molar-refractivity contribution in [3.63, 3.8) is 0 Å². The maximum atomic E-state index is 13.5. The minimum absolute atomic E-state index is 0.0638. The zero-order valence-corrected chi connectivity index (χ0v) is 17.5. The quantitative estimate of drug-likeness (QED) is 0.609. The molecular weight excluding hydrogens is 370 g/mol. The predicted octanol–water partition coefficient (Wildman–Crippen LogP) is 1.45. The molecule has 1 rings (SSSR count). The SMILES string of the molecule is COC(=O)CNC(=O)C1(C(C)(C)C)C(C(C)(C)C)N(C(=O)O)CCN1C(=O)O. The van der Waals surface area contributed by atoms with Crippen LogP contribution in [-0.2, 0) is 14.3 Å². The lowest BCUT2D eigenvalue weighted by atomic mass is 9.59. The van der Waals surface area contributed by atoms with E-state index in [4.69, 9.17) is 0 Å². The number of methoxy groups -OCH3 is 1. The van der Waals surface area contributed by atoms with Crippen molar-refractivity contribution in [1.82, 2.24) is 15.1 Å². The first-order chi connectivity index (χ1) is 12.6. The van der Waals surface area contributed by atoms with Gasteiger partial charge in [-0.1, -0.05) is 41.5 Å². The average Bonchev–Trinajstić information content (AvgIpc) is 2.55. The summed E-state index contributed by atoms with van der Waals surface area (Å²) in [6, 6.07) is -1.00. The first-order valence-electron chi connectivity index (χ1n) is 8.97. The summed E-state index contributed by atoms with van der Waals surface area (Å²) in [6.07, 6.45) is -2.57. The normalized spacial score (nSPS) is 23.2. The van der Waals surface area contributed by atoms with E-state index in [0.717, 1.165) is 9.80 Å². The lowest BCUT2D eigenvalue weighted by molar-refractivity contribution is -0.164. The second-order valence-electron chi connectivity index (χ2n) is 8.95. The number of amides is 3. The van der Waals surface area contributed by atoms with Crippen LogP contribution in [0, 0.1) is 10.8 Å². The predicted molar refractivity (Wildman–Crippen MR) is 99.9 cm³/mol. The van der Waals surface area contributed by atoms with Crippen LogP contribution in [0.1, 0.15) is 41.5 Å². The first-order valence-corrected chi connectivity index (χ1v) is 8.97. The Morgan fingerprint density at radius 2 is 1.57 bits per heavy atom. The highest BCUT2D eigenvalue weighted by Gasteiger charge is 2.66. The Hall–Kier alpha value is -2.52. The largest absolute Gasteiger partial charge is 0.468 e. The molecule has 10 heteroatoms. The van der Waals surface area contributed by atoms with Crippen LogP contribution in [0.3, 0.4) is 0 Å². The molecule has 0 radical (unpaired) electrons. The molecule has 2 unspecified atom stereocenters. The standard InChI is InChI=1S/C18H31N3O7/c1-16(2,3)12-18(17(4,5)6,13(23)19-10-11(22)28-7)21(15(26)27)9-8-20(12)14(24)25/h12H,8-10H2,1-7H3,(H,19,23)(H,24,25)(H,26,27). The van der Waals surface area contributed by atoms with Crippen LogP contribution in [0.25, 0.3) is 0 Å². The Labute approximate surface area is 164 Å². The number of piperazine rings is 1. The van der Waals surface area contributed by atoms with E-state index >= 15 is 0 Å². The maximum absolute atomic E-state index is 13.5. The van der Waals surface area contributed by atoms with Gasteiger partial charge in [-0.15, -0.1) is 0 Å². The van der Waals surface area contributed by atoms with E-state index in [1.165, 1.54) is 7.11 Å². The van der Waals surface area contributed by atoms with Gasteiger partial charge in [0.25, 0.3) is 0 Å². The number of esters is 1. The molecule has 2 atom stereocenters. The number of ether oxygens (including phenoxy) is 1. The van der Waals surface area contributed by atoms with Gasteiger partial charge in [0.15, 0.2) is 5.54 Å². The van der Waals surface area contributed by atoms with Gasteiger partial charge in [0.05, 0.1) is 13.2 Å². The number of carbonyl (C=O) groups excluding carboxylic acids is 2. The smallest absolute Gasteiger partial charge is 0.408 e. The van der Waals surface area contributed by atoms with Crippen LogP contribution in [0.15, 0.2) is 0 Å².